The van der Waals surface area contributed by atoms with E-state index in [0.29, 0.717) is 30.2 Å². The molecule has 2 heterocycles. The van der Waals surface area contributed by atoms with E-state index in [1.165, 1.54) is 6.33 Å². The molecule has 0 amide bonds. The molecule has 1 aliphatic rings. The van der Waals surface area contributed by atoms with Crippen molar-refractivity contribution in [2.45, 2.75) is 31.1 Å². The maximum Gasteiger partial charge on any atom is 0.326 e. The van der Waals surface area contributed by atoms with Crippen molar-refractivity contribution < 1.29 is 18.3 Å². The number of nitrogens with zero attached hydrogens (tertiary/aromatic N) is 4. The summed E-state index contributed by atoms with van der Waals surface area (Å²) in [6.45, 7) is 0.560. The minimum Gasteiger partial charge on any atom is -0.480 e. The Morgan fingerprint density at radius 1 is 1.33 bits per heavy atom. The maximum atomic E-state index is 11.5. The molecule has 1 saturated heterocycles. The van der Waals surface area contributed by atoms with Crippen molar-refractivity contribution in [1.29, 1.82) is 0 Å². The van der Waals surface area contributed by atoms with Gasteiger partial charge in [-0.2, -0.15) is 4.98 Å². The van der Waals surface area contributed by atoms with Crippen molar-refractivity contribution in [3.05, 3.63) is 36.2 Å². The first kappa shape index (κ1) is 19.0. The van der Waals surface area contributed by atoms with Crippen molar-refractivity contribution >= 4 is 33.6 Å². The molecule has 0 saturated carbocycles. The molecule has 0 bridgehead atoms. The molecule has 1 fully saturated rings. The van der Waals surface area contributed by atoms with Crippen LogP contribution in [0.25, 0.3) is 0 Å². The number of aromatic nitrogens is 3. The predicted octanol–water partition coefficient (Wildman–Crippen LogP) is 0.847. The van der Waals surface area contributed by atoms with Crippen LogP contribution in [0.2, 0.25) is 0 Å². The van der Waals surface area contributed by atoms with E-state index in [4.69, 9.17) is 5.14 Å². The second-order valence-electron chi connectivity index (χ2n) is 6.28. The Balaban J connectivity index is 1.80. The summed E-state index contributed by atoms with van der Waals surface area (Å²) in [6, 6.07) is 6.05. The largest absolute Gasteiger partial charge is 0.480 e. The first-order valence-electron chi connectivity index (χ1n) is 8.37. The Morgan fingerprint density at radius 3 is 2.89 bits per heavy atom. The SMILES string of the molecule is NS(=O)(=O)Cc1cccc(Nc2ncnc(N3CCCC[C@@H]3C(=O)O)n2)c1. The monoisotopic (exact) mass is 392 g/mol. The number of sulfonamides is 1. The highest BCUT2D eigenvalue weighted by molar-refractivity contribution is 7.88. The van der Waals surface area contributed by atoms with Gasteiger partial charge in [-0.3, -0.25) is 0 Å². The van der Waals surface area contributed by atoms with E-state index in [2.05, 4.69) is 20.3 Å². The second-order valence-corrected chi connectivity index (χ2v) is 7.90. The van der Waals surface area contributed by atoms with Gasteiger partial charge >= 0.3 is 5.97 Å². The number of hydrogen-bond donors (Lipinski definition) is 3. The van der Waals surface area contributed by atoms with Crippen LogP contribution in [0.5, 0.6) is 0 Å². The van der Waals surface area contributed by atoms with Gasteiger partial charge in [-0.15, -0.1) is 0 Å². The molecule has 1 aromatic carbocycles. The van der Waals surface area contributed by atoms with Gasteiger partial charge in [0.25, 0.3) is 0 Å². The number of piperidine rings is 1. The fourth-order valence-electron chi connectivity index (χ4n) is 3.01. The van der Waals surface area contributed by atoms with Crippen molar-refractivity contribution in [2.24, 2.45) is 5.14 Å². The summed E-state index contributed by atoms with van der Waals surface area (Å²) in [4.78, 5) is 25.6. The average Bonchev–Trinajstić information content (AvgIpc) is 2.61. The van der Waals surface area contributed by atoms with Crippen molar-refractivity contribution in [2.75, 3.05) is 16.8 Å². The number of anilines is 3. The van der Waals surface area contributed by atoms with Gasteiger partial charge in [0, 0.05) is 12.2 Å². The first-order valence-corrected chi connectivity index (χ1v) is 10.1. The van der Waals surface area contributed by atoms with Gasteiger partial charge in [-0.25, -0.2) is 28.3 Å². The highest BCUT2D eigenvalue weighted by Gasteiger charge is 2.30. The summed E-state index contributed by atoms with van der Waals surface area (Å²) in [6.07, 6.45) is 3.57. The summed E-state index contributed by atoms with van der Waals surface area (Å²) in [7, 11) is -3.63. The Labute approximate surface area is 156 Å². The standard InChI is InChI=1S/C16H20N6O4S/c17-27(25,26)9-11-4-3-5-12(8-11)20-15-18-10-19-16(21-15)22-7-2-1-6-13(22)14(23)24/h3-5,8,10,13H,1-2,6-7,9H2,(H,23,24)(H2,17,25,26)(H,18,19,20,21)/t13-/m1/s1. The van der Waals surface area contributed by atoms with Crippen LogP contribution in [0.1, 0.15) is 24.8 Å². The smallest absolute Gasteiger partial charge is 0.326 e. The number of primary sulfonamides is 1. The molecule has 1 atom stereocenters. The highest BCUT2D eigenvalue weighted by atomic mass is 32.2. The van der Waals surface area contributed by atoms with E-state index in [9.17, 15) is 18.3 Å². The third-order valence-corrected chi connectivity index (χ3v) is 4.89. The molecule has 11 heteroatoms. The molecule has 27 heavy (non-hydrogen) atoms. The van der Waals surface area contributed by atoms with Crippen molar-refractivity contribution in [1.82, 2.24) is 15.0 Å². The third-order valence-electron chi connectivity index (χ3n) is 4.15. The first-order chi connectivity index (χ1) is 12.8. The molecule has 0 spiro atoms. The molecular weight excluding hydrogens is 372 g/mol. The molecule has 1 aliphatic heterocycles. The molecule has 0 unspecified atom stereocenters. The zero-order chi connectivity index (χ0) is 19.4. The lowest BCUT2D eigenvalue weighted by molar-refractivity contribution is -0.139. The molecule has 0 aliphatic carbocycles. The summed E-state index contributed by atoms with van der Waals surface area (Å²) >= 11 is 0. The van der Waals surface area contributed by atoms with Crippen LogP contribution in [-0.2, 0) is 20.6 Å². The molecule has 4 N–H and O–H groups in total. The number of benzene rings is 1. The van der Waals surface area contributed by atoms with Gasteiger partial charge in [0.2, 0.25) is 21.9 Å². The molecular formula is C16H20N6O4S. The Kier molecular flexibility index (Phi) is 5.51. The van der Waals surface area contributed by atoms with Crippen molar-refractivity contribution in [3.63, 3.8) is 0 Å². The van der Waals surface area contributed by atoms with Gasteiger partial charge in [0.15, 0.2) is 0 Å². The second kappa shape index (κ2) is 7.84. The van der Waals surface area contributed by atoms with Crippen LogP contribution in [0.3, 0.4) is 0 Å². The quantitative estimate of drug-likeness (QED) is 0.649. The molecule has 0 radical (unpaired) electrons. The van der Waals surface area contributed by atoms with Gasteiger partial charge in [-0.1, -0.05) is 12.1 Å². The normalized spacial score (nSPS) is 17.5. The minimum atomic E-state index is -3.63. The molecule has 3 rings (SSSR count). The number of nitrogens with two attached hydrogens (primary N) is 1. The fourth-order valence-corrected chi connectivity index (χ4v) is 3.66. The third kappa shape index (κ3) is 5.11. The van der Waals surface area contributed by atoms with Gasteiger partial charge in [-0.05, 0) is 37.0 Å². The van der Waals surface area contributed by atoms with Crippen LogP contribution in [-0.4, -0.2) is 47.0 Å². The van der Waals surface area contributed by atoms with Crippen LogP contribution in [0.4, 0.5) is 17.6 Å². The zero-order valence-corrected chi connectivity index (χ0v) is 15.3. The summed E-state index contributed by atoms with van der Waals surface area (Å²) < 4.78 is 22.5. The van der Waals surface area contributed by atoms with E-state index >= 15 is 0 Å². The van der Waals surface area contributed by atoms with Crippen LogP contribution >= 0.6 is 0 Å². The van der Waals surface area contributed by atoms with E-state index in [0.717, 1.165) is 12.8 Å². The topological polar surface area (TPSA) is 151 Å². The number of carboxylic acid groups (broad SMARTS) is 1. The van der Waals surface area contributed by atoms with Crippen LogP contribution < -0.4 is 15.4 Å². The predicted molar refractivity (Wildman–Crippen MR) is 99.0 cm³/mol. The number of carboxylic acids is 1. The van der Waals surface area contributed by atoms with Gasteiger partial charge < -0.3 is 15.3 Å². The lowest BCUT2D eigenvalue weighted by Gasteiger charge is -2.32. The average molecular weight is 392 g/mol. The van der Waals surface area contributed by atoms with Crippen LogP contribution in [0, 0.1) is 0 Å². The van der Waals surface area contributed by atoms with E-state index in [-0.39, 0.29) is 11.7 Å². The molecule has 2 aromatic rings. The number of aliphatic carboxylic acids is 1. The molecule has 1 aromatic heterocycles. The lowest BCUT2D eigenvalue weighted by Crippen LogP contribution is -2.45. The number of nitrogens with one attached hydrogen (secondary N) is 1. The summed E-state index contributed by atoms with van der Waals surface area (Å²) in [5, 5.41) is 17.5. The maximum absolute atomic E-state index is 11.5. The van der Waals surface area contributed by atoms with E-state index in [1.54, 1.807) is 29.2 Å². The summed E-state index contributed by atoms with van der Waals surface area (Å²) in [5.41, 5.74) is 1.11. The van der Waals surface area contributed by atoms with Crippen molar-refractivity contribution in [3.8, 4) is 0 Å². The highest BCUT2D eigenvalue weighted by Crippen LogP contribution is 2.23. The number of rotatable bonds is 6. The lowest BCUT2D eigenvalue weighted by atomic mass is 10.0. The Hall–Kier alpha value is -2.79. The molecule has 144 valence electrons. The number of carbonyl (C=O) groups is 1. The van der Waals surface area contributed by atoms with Crippen LogP contribution in [0.15, 0.2) is 30.6 Å². The van der Waals surface area contributed by atoms with Gasteiger partial charge in [0.05, 0.1) is 5.75 Å². The van der Waals surface area contributed by atoms with E-state index < -0.39 is 22.0 Å². The fraction of sp³-hybridized carbons (Fsp3) is 0.375. The summed E-state index contributed by atoms with van der Waals surface area (Å²) in [5.74, 6) is -0.651. The zero-order valence-electron chi connectivity index (χ0n) is 14.4. The Morgan fingerprint density at radius 2 is 2.15 bits per heavy atom. The van der Waals surface area contributed by atoms with Gasteiger partial charge in [0.1, 0.15) is 12.4 Å². The number of hydrogen-bond acceptors (Lipinski definition) is 8. The van der Waals surface area contributed by atoms with E-state index in [1.807, 2.05) is 0 Å². The minimum absolute atomic E-state index is 0.238. The molecule has 10 nitrogen and oxygen atoms in total. The Bertz CT molecular complexity index is 936.